The molecule has 1 atom stereocenters. The Kier molecular flexibility index (Phi) is 4.26. The number of hydrogen-bond acceptors (Lipinski definition) is 6. The van der Waals surface area contributed by atoms with Crippen molar-refractivity contribution in [1.82, 2.24) is 34.9 Å². The summed E-state index contributed by atoms with van der Waals surface area (Å²) < 4.78 is 2.01. The van der Waals surface area contributed by atoms with Gasteiger partial charge in [0.15, 0.2) is 5.82 Å². The van der Waals surface area contributed by atoms with Gasteiger partial charge in [-0.1, -0.05) is 0 Å². The minimum Gasteiger partial charge on any atom is -0.337 e. The summed E-state index contributed by atoms with van der Waals surface area (Å²) in [5.41, 5.74) is 0. The SMILES string of the molecule is CC(c1nnnn1C1CC1)N1CCC(N2CCN(C)CC2=O)CC1. The third-order valence-corrected chi connectivity index (χ3v) is 5.72. The molecule has 0 aromatic carbocycles. The molecule has 2 saturated heterocycles. The zero-order valence-electron chi connectivity index (χ0n) is 14.6. The van der Waals surface area contributed by atoms with Crippen LogP contribution < -0.4 is 0 Å². The number of amides is 1. The van der Waals surface area contributed by atoms with E-state index in [4.69, 9.17) is 0 Å². The van der Waals surface area contributed by atoms with Crippen LogP contribution in [0.25, 0.3) is 0 Å². The molecule has 0 spiro atoms. The van der Waals surface area contributed by atoms with Gasteiger partial charge in [0, 0.05) is 32.2 Å². The highest BCUT2D eigenvalue weighted by Gasteiger charge is 2.35. The van der Waals surface area contributed by atoms with E-state index in [0.717, 1.165) is 44.8 Å². The predicted octanol–water partition coefficient (Wildman–Crippen LogP) is 0.307. The molecule has 132 valence electrons. The molecule has 1 unspecified atom stereocenters. The Labute approximate surface area is 142 Å². The van der Waals surface area contributed by atoms with Crippen LogP contribution in [0.2, 0.25) is 0 Å². The lowest BCUT2D eigenvalue weighted by Crippen LogP contribution is -2.55. The van der Waals surface area contributed by atoms with Gasteiger partial charge < -0.3 is 4.90 Å². The van der Waals surface area contributed by atoms with Crippen LogP contribution in [0.5, 0.6) is 0 Å². The van der Waals surface area contributed by atoms with Gasteiger partial charge in [-0.2, -0.15) is 0 Å². The minimum absolute atomic E-state index is 0.241. The standard InChI is InChI=1S/C16H27N7O/c1-12(16-17-18-19-23(16)14-3-4-14)21-7-5-13(6-8-21)22-10-9-20(2)11-15(22)24/h12-14H,3-11H2,1-2H3. The summed E-state index contributed by atoms with van der Waals surface area (Å²) in [6.07, 6.45) is 4.48. The molecule has 3 heterocycles. The maximum Gasteiger partial charge on any atom is 0.237 e. The van der Waals surface area contributed by atoms with Crippen molar-refractivity contribution in [3.05, 3.63) is 5.82 Å². The van der Waals surface area contributed by atoms with Crippen LogP contribution >= 0.6 is 0 Å². The number of carbonyl (C=O) groups is 1. The third kappa shape index (κ3) is 3.04. The van der Waals surface area contributed by atoms with Crippen LogP contribution in [0.3, 0.4) is 0 Å². The van der Waals surface area contributed by atoms with Gasteiger partial charge in [0.2, 0.25) is 5.91 Å². The van der Waals surface area contributed by atoms with Gasteiger partial charge in [0.1, 0.15) is 0 Å². The molecule has 1 aliphatic carbocycles. The zero-order chi connectivity index (χ0) is 16.7. The monoisotopic (exact) mass is 333 g/mol. The van der Waals surface area contributed by atoms with E-state index in [9.17, 15) is 4.79 Å². The lowest BCUT2D eigenvalue weighted by Gasteiger charge is -2.43. The smallest absolute Gasteiger partial charge is 0.237 e. The molecule has 2 aliphatic heterocycles. The summed E-state index contributed by atoms with van der Waals surface area (Å²) in [4.78, 5) is 18.9. The highest BCUT2D eigenvalue weighted by atomic mass is 16.2. The quantitative estimate of drug-likeness (QED) is 0.790. The fourth-order valence-electron chi connectivity index (χ4n) is 3.99. The highest BCUT2D eigenvalue weighted by molar-refractivity contribution is 5.79. The van der Waals surface area contributed by atoms with E-state index in [-0.39, 0.29) is 11.9 Å². The molecule has 8 heteroatoms. The van der Waals surface area contributed by atoms with Crippen LogP contribution in [0.4, 0.5) is 0 Å². The van der Waals surface area contributed by atoms with Crippen molar-refractivity contribution in [1.29, 1.82) is 0 Å². The summed E-state index contributed by atoms with van der Waals surface area (Å²) in [6.45, 7) is 6.62. The third-order valence-electron chi connectivity index (χ3n) is 5.72. The Morgan fingerprint density at radius 2 is 1.79 bits per heavy atom. The van der Waals surface area contributed by atoms with Crippen molar-refractivity contribution >= 4 is 5.91 Å². The lowest BCUT2D eigenvalue weighted by molar-refractivity contribution is -0.139. The lowest BCUT2D eigenvalue weighted by atomic mass is 10.0. The molecule has 1 aromatic heterocycles. The molecule has 8 nitrogen and oxygen atoms in total. The van der Waals surface area contributed by atoms with Gasteiger partial charge in [0.05, 0.1) is 18.6 Å². The van der Waals surface area contributed by atoms with E-state index in [1.54, 1.807) is 0 Å². The first-order valence-electron chi connectivity index (χ1n) is 9.13. The van der Waals surface area contributed by atoms with Crippen LogP contribution in [-0.2, 0) is 4.79 Å². The highest BCUT2D eigenvalue weighted by Crippen LogP contribution is 2.36. The number of likely N-dealkylation sites (tertiary alicyclic amines) is 1. The molecule has 24 heavy (non-hydrogen) atoms. The second kappa shape index (κ2) is 6.40. The predicted molar refractivity (Wildman–Crippen MR) is 88.3 cm³/mol. The molecule has 3 fully saturated rings. The molecular weight excluding hydrogens is 306 g/mol. The van der Waals surface area contributed by atoms with Crippen molar-refractivity contribution in [2.75, 3.05) is 39.8 Å². The second-order valence-electron chi connectivity index (χ2n) is 7.48. The van der Waals surface area contributed by atoms with Gasteiger partial charge in [-0.15, -0.1) is 5.10 Å². The molecule has 1 saturated carbocycles. The molecule has 1 amide bonds. The molecule has 1 aromatic rings. The van der Waals surface area contributed by atoms with Crippen molar-refractivity contribution in [3.8, 4) is 0 Å². The first kappa shape index (κ1) is 16.0. The molecule has 0 N–H and O–H groups in total. The second-order valence-corrected chi connectivity index (χ2v) is 7.48. The maximum atomic E-state index is 12.3. The topological polar surface area (TPSA) is 70.4 Å². The van der Waals surface area contributed by atoms with Gasteiger partial charge in [-0.05, 0) is 50.1 Å². The molecule has 0 radical (unpaired) electrons. The number of piperidine rings is 1. The summed E-state index contributed by atoms with van der Waals surface area (Å²) in [7, 11) is 2.02. The van der Waals surface area contributed by atoms with Crippen molar-refractivity contribution in [2.45, 2.75) is 50.7 Å². The van der Waals surface area contributed by atoms with Gasteiger partial charge in [0.25, 0.3) is 0 Å². The fourth-order valence-corrected chi connectivity index (χ4v) is 3.99. The largest absolute Gasteiger partial charge is 0.337 e. The summed E-state index contributed by atoms with van der Waals surface area (Å²) in [5.74, 6) is 1.28. The Morgan fingerprint density at radius 3 is 2.46 bits per heavy atom. The number of tetrazole rings is 1. The first-order valence-corrected chi connectivity index (χ1v) is 9.13. The summed E-state index contributed by atoms with van der Waals surface area (Å²) >= 11 is 0. The fraction of sp³-hybridized carbons (Fsp3) is 0.875. The van der Waals surface area contributed by atoms with E-state index < -0.39 is 0 Å². The first-order chi connectivity index (χ1) is 11.6. The number of aromatic nitrogens is 4. The Hall–Kier alpha value is -1.54. The Balaban J connectivity index is 1.35. The number of rotatable bonds is 4. The Bertz CT molecular complexity index is 591. The van der Waals surface area contributed by atoms with E-state index in [1.807, 2.05) is 11.7 Å². The molecule has 0 bridgehead atoms. The molecule has 3 aliphatic rings. The number of piperazine rings is 1. The van der Waals surface area contributed by atoms with Crippen molar-refractivity contribution in [2.24, 2.45) is 0 Å². The van der Waals surface area contributed by atoms with Gasteiger partial charge >= 0.3 is 0 Å². The Morgan fingerprint density at radius 1 is 1.04 bits per heavy atom. The molecule has 4 rings (SSSR count). The number of hydrogen-bond donors (Lipinski definition) is 0. The summed E-state index contributed by atoms with van der Waals surface area (Å²) in [6, 6.07) is 1.15. The number of carbonyl (C=O) groups excluding carboxylic acids is 1. The van der Waals surface area contributed by atoms with E-state index in [0.29, 0.717) is 18.6 Å². The van der Waals surface area contributed by atoms with E-state index in [1.165, 1.54) is 12.8 Å². The molecular formula is C16H27N7O. The number of nitrogens with zero attached hydrogens (tertiary/aromatic N) is 7. The minimum atomic E-state index is 0.241. The van der Waals surface area contributed by atoms with Crippen LogP contribution in [0, 0.1) is 0 Å². The van der Waals surface area contributed by atoms with Gasteiger partial charge in [-0.25, -0.2) is 4.68 Å². The summed E-state index contributed by atoms with van der Waals surface area (Å²) in [5, 5.41) is 12.3. The normalized spacial score (nSPS) is 26.1. The average molecular weight is 333 g/mol. The van der Waals surface area contributed by atoms with Crippen molar-refractivity contribution < 1.29 is 4.79 Å². The van der Waals surface area contributed by atoms with E-state index >= 15 is 0 Å². The number of likely N-dealkylation sites (N-methyl/N-ethyl adjacent to an activating group) is 1. The van der Waals surface area contributed by atoms with Crippen LogP contribution in [0.15, 0.2) is 0 Å². The van der Waals surface area contributed by atoms with Crippen molar-refractivity contribution in [3.63, 3.8) is 0 Å². The van der Waals surface area contributed by atoms with E-state index in [2.05, 4.69) is 37.1 Å². The zero-order valence-corrected chi connectivity index (χ0v) is 14.6. The average Bonchev–Trinajstić information content (AvgIpc) is 3.31. The maximum absolute atomic E-state index is 12.3. The van der Waals surface area contributed by atoms with Crippen LogP contribution in [-0.4, -0.2) is 86.6 Å². The van der Waals surface area contributed by atoms with Crippen LogP contribution in [0.1, 0.15) is 50.5 Å². The van der Waals surface area contributed by atoms with Gasteiger partial charge in [-0.3, -0.25) is 14.6 Å².